The van der Waals surface area contributed by atoms with E-state index in [2.05, 4.69) is 13.8 Å². The van der Waals surface area contributed by atoms with Crippen LogP contribution in [0.2, 0.25) is 0 Å². The lowest BCUT2D eigenvalue weighted by Gasteiger charge is -2.37. The monoisotopic (exact) mass is 186 g/mol. The third kappa shape index (κ3) is 2.96. The molecular weight excluding hydrogens is 164 g/mol. The molecule has 0 spiro atoms. The van der Waals surface area contributed by atoms with Crippen LogP contribution in [0.1, 0.15) is 39.5 Å². The summed E-state index contributed by atoms with van der Waals surface area (Å²) >= 11 is 0. The van der Waals surface area contributed by atoms with E-state index >= 15 is 0 Å². The lowest BCUT2D eigenvalue weighted by atomic mass is 9.76. The third-order valence-electron chi connectivity index (χ3n) is 3.22. The maximum atomic E-state index is 9.41. The summed E-state index contributed by atoms with van der Waals surface area (Å²) in [5.74, 6) is 0.703. The molecule has 1 rings (SSSR count). The molecule has 0 aromatic carbocycles. The van der Waals surface area contributed by atoms with E-state index in [0.717, 1.165) is 32.5 Å². The molecule has 1 saturated heterocycles. The Labute approximate surface area is 81.3 Å². The van der Waals surface area contributed by atoms with Gasteiger partial charge in [-0.25, -0.2) is 0 Å². The zero-order valence-corrected chi connectivity index (χ0v) is 8.88. The van der Waals surface area contributed by atoms with Crippen LogP contribution in [0.5, 0.6) is 0 Å². The molecule has 78 valence electrons. The average molecular weight is 186 g/mol. The molecule has 2 atom stereocenters. The lowest BCUT2D eigenvalue weighted by molar-refractivity contribution is -0.0501. The number of aliphatic hydroxyl groups is 1. The summed E-state index contributed by atoms with van der Waals surface area (Å²) < 4.78 is 5.46. The summed E-state index contributed by atoms with van der Waals surface area (Å²) in [6, 6.07) is 0. The Balaban J connectivity index is 2.47. The van der Waals surface area contributed by atoms with Crippen LogP contribution in [0.4, 0.5) is 0 Å². The number of aliphatic hydroxyl groups excluding tert-OH is 1. The van der Waals surface area contributed by atoms with Gasteiger partial charge < -0.3 is 9.84 Å². The van der Waals surface area contributed by atoms with Gasteiger partial charge in [0.05, 0.1) is 13.2 Å². The van der Waals surface area contributed by atoms with Gasteiger partial charge in [-0.1, -0.05) is 20.3 Å². The van der Waals surface area contributed by atoms with Gasteiger partial charge in [-0.15, -0.1) is 0 Å². The minimum atomic E-state index is 0.0771. The normalized spacial score (nSPS) is 31.6. The molecule has 2 unspecified atom stereocenters. The molecule has 0 radical (unpaired) electrons. The molecule has 0 saturated carbocycles. The number of ether oxygens (including phenoxy) is 1. The smallest absolute Gasteiger partial charge is 0.0544 e. The standard InChI is InChI=1S/C11H22O2/c1-3-10(2)7-11(8-12)5-4-6-13-9-11/h10,12H,3-9H2,1-2H3. The third-order valence-corrected chi connectivity index (χ3v) is 3.22. The first kappa shape index (κ1) is 11.0. The maximum Gasteiger partial charge on any atom is 0.0544 e. The van der Waals surface area contributed by atoms with Crippen LogP contribution in [-0.2, 0) is 4.74 Å². The molecule has 0 aromatic rings. The van der Waals surface area contributed by atoms with Crippen LogP contribution in [0, 0.1) is 11.3 Å². The summed E-state index contributed by atoms with van der Waals surface area (Å²) in [6.45, 7) is 6.39. The first-order valence-electron chi connectivity index (χ1n) is 5.41. The highest BCUT2D eigenvalue weighted by Crippen LogP contribution is 2.35. The van der Waals surface area contributed by atoms with Crippen molar-refractivity contribution in [1.82, 2.24) is 0 Å². The van der Waals surface area contributed by atoms with E-state index < -0.39 is 0 Å². The van der Waals surface area contributed by atoms with Crippen molar-refractivity contribution in [2.24, 2.45) is 11.3 Å². The number of rotatable bonds is 4. The zero-order valence-electron chi connectivity index (χ0n) is 8.88. The fourth-order valence-corrected chi connectivity index (χ4v) is 2.14. The Hall–Kier alpha value is -0.0800. The minimum Gasteiger partial charge on any atom is -0.396 e. The summed E-state index contributed by atoms with van der Waals surface area (Å²) in [4.78, 5) is 0. The van der Waals surface area contributed by atoms with Crippen LogP contribution in [0.25, 0.3) is 0 Å². The van der Waals surface area contributed by atoms with Gasteiger partial charge in [0, 0.05) is 12.0 Å². The lowest BCUT2D eigenvalue weighted by Crippen LogP contribution is -2.36. The average Bonchev–Trinajstić information content (AvgIpc) is 2.19. The SMILES string of the molecule is CCC(C)CC1(CO)CCCOC1. The maximum absolute atomic E-state index is 9.41. The van der Waals surface area contributed by atoms with Crippen molar-refractivity contribution >= 4 is 0 Å². The minimum absolute atomic E-state index is 0.0771. The molecule has 1 aliphatic rings. The second-order valence-corrected chi connectivity index (χ2v) is 4.53. The van der Waals surface area contributed by atoms with Gasteiger partial charge in [0.25, 0.3) is 0 Å². The van der Waals surface area contributed by atoms with Crippen molar-refractivity contribution < 1.29 is 9.84 Å². The van der Waals surface area contributed by atoms with Gasteiger partial charge in [0.1, 0.15) is 0 Å². The van der Waals surface area contributed by atoms with Crippen LogP contribution >= 0.6 is 0 Å². The van der Waals surface area contributed by atoms with Crippen molar-refractivity contribution in [1.29, 1.82) is 0 Å². The van der Waals surface area contributed by atoms with Crippen molar-refractivity contribution in [3.63, 3.8) is 0 Å². The van der Waals surface area contributed by atoms with Crippen molar-refractivity contribution in [2.45, 2.75) is 39.5 Å². The summed E-state index contributed by atoms with van der Waals surface area (Å²) in [7, 11) is 0. The molecule has 0 aromatic heterocycles. The van der Waals surface area contributed by atoms with Crippen molar-refractivity contribution in [3.05, 3.63) is 0 Å². The Morgan fingerprint density at radius 1 is 1.54 bits per heavy atom. The van der Waals surface area contributed by atoms with Crippen LogP contribution in [-0.4, -0.2) is 24.9 Å². The van der Waals surface area contributed by atoms with E-state index in [1.165, 1.54) is 6.42 Å². The van der Waals surface area contributed by atoms with Crippen molar-refractivity contribution in [3.8, 4) is 0 Å². The van der Waals surface area contributed by atoms with Gasteiger partial charge in [-0.2, -0.15) is 0 Å². The van der Waals surface area contributed by atoms with E-state index in [0.29, 0.717) is 5.92 Å². The molecule has 0 bridgehead atoms. The van der Waals surface area contributed by atoms with Gasteiger partial charge in [0.15, 0.2) is 0 Å². The Bertz CT molecular complexity index is 139. The Morgan fingerprint density at radius 2 is 2.31 bits per heavy atom. The van der Waals surface area contributed by atoms with Gasteiger partial charge >= 0.3 is 0 Å². The fraction of sp³-hybridized carbons (Fsp3) is 1.00. The van der Waals surface area contributed by atoms with E-state index in [1.54, 1.807) is 0 Å². The molecule has 1 fully saturated rings. The molecule has 1 heterocycles. The summed E-state index contributed by atoms with van der Waals surface area (Å²) in [5, 5.41) is 9.41. The highest BCUT2D eigenvalue weighted by Gasteiger charge is 2.33. The van der Waals surface area contributed by atoms with E-state index in [9.17, 15) is 5.11 Å². The fourth-order valence-electron chi connectivity index (χ4n) is 2.14. The van der Waals surface area contributed by atoms with Crippen LogP contribution in [0.15, 0.2) is 0 Å². The Kier molecular flexibility index (Phi) is 4.20. The molecule has 2 heteroatoms. The first-order valence-corrected chi connectivity index (χ1v) is 5.41. The number of hydrogen-bond donors (Lipinski definition) is 1. The highest BCUT2D eigenvalue weighted by molar-refractivity contribution is 4.82. The number of hydrogen-bond acceptors (Lipinski definition) is 2. The molecule has 2 nitrogen and oxygen atoms in total. The Morgan fingerprint density at radius 3 is 2.77 bits per heavy atom. The predicted octanol–water partition coefficient (Wildman–Crippen LogP) is 2.21. The van der Waals surface area contributed by atoms with E-state index in [-0.39, 0.29) is 12.0 Å². The summed E-state index contributed by atoms with van der Waals surface area (Å²) in [5.41, 5.74) is 0.0771. The highest BCUT2D eigenvalue weighted by atomic mass is 16.5. The second kappa shape index (κ2) is 4.97. The molecule has 0 amide bonds. The molecular formula is C11H22O2. The zero-order chi connectivity index (χ0) is 9.73. The van der Waals surface area contributed by atoms with E-state index in [1.807, 2.05) is 0 Å². The predicted molar refractivity (Wildman–Crippen MR) is 53.6 cm³/mol. The van der Waals surface area contributed by atoms with E-state index in [4.69, 9.17) is 4.74 Å². The molecule has 1 aliphatic heterocycles. The van der Waals surface area contributed by atoms with Crippen LogP contribution in [0.3, 0.4) is 0 Å². The quantitative estimate of drug-likeness (QED) is 0.729. The molecule has 0 aliphatic carbocycles. The van der Waals surface area contributed by atoms with Crippen LogP contribution < -0.4 is 0 Å². The summed E-state index contributed by atoms with van der Waals surface area (Å²) in [6.07, 6.45) is 4.55. The van der Waals surface area contributed by atoms with Gasteiger partial charge in [-0.3, -0.25) is 0 Å². The van der Waals surface area contributed by atoms with Gasteiger partial charge in [0.2, 0.25) is 0 Å². The molecule has 13 heavy (non-hydrogen) atoms. The van der Waals surface area contributed by atoms with Gasteiger partial charge in [-0.05, 0) is 25.2 Å². The van der Waals surface area contributed by atoms with Crippen molar-refractivity contribution in [2.75, 3.05) is 19.8 Å². The second-order valence-electron chi connectivity index (χ2n) is 4.53. The largest absolute Gasteiger partial charge is 0.396 e. The first-order chi connectivity index (χ1) is 6.22. The molecule has 1 N–H and O–H groups in total. The topological polar surface area (TPSA) is 29.5 Å².